The Labute approximate surface area is 422 Å². The van der Waals surface area contributed by atoms with Gasteiger partial charge in [0.05, 0.1) is 56.9 Å². The minimum Gasteiger partial charge on any atom is -0.252 e. The molecule has 1 aromatic heterocycles. The van der Waals surface area contributed by atoms with Crippen LogP contribution in [0.1, 0.15) is 50.1 Å². The Kier molecular flexibility index (Phi) is 15.0. The highest BCUT2D eigenvalue weighted by Gasteiger charge is 2.47. The number of alkyl halides is 24. The quantitative estimate of drug-likeness (QED) is 0.0702. The van der Waals surface area contributed by atoms with Crippen molar-refractivity contribution in [1.29, 1.82) is 0 Å². The van der Waals surface area contributed by atoms with Crippen molar-refractivity contribution in [2.45, 2.75) is 56.0 Å². The van der Waals surface area contributed by atoms with Crippen LogP contribution in [0.5, 0.6) is 0 Å². The van der Waals surface area contributed by atoms with E-state index in [1.807, 2.05) is 24.8 Å². The third-order valence-electron chi connectivity index (χ3n) is 12.4. The minimum atomic E-state index is -6.13. The highest BCUT2D eigenvalue weighted by atomic mass is 19.4. The molecular formula is C51H27BF24N2. The lowest BCUT2D eigenvalue weighted by molar-refractivity contribution is -0.688. The van der Waals surface area contributed by atoms with Crippen LogP contribution in [-0.2, 0) is 56.0 Å². The van der Waals surface area contributed by atoms with Gasteiger partial charge in [-0.2, -0.15) is 132 Å². The van der Waals surface area contributed by atoms with Gasteiger partial charge in [0.1, 0.15) is 6.15 Å². The van der Waals surface area contributed by atoms with Gasteiger partial charge in [-0.3, -0.25) is 4.98 Å². The number of hydrogen-bond donors (Lipinski definition) is 0. The first-order chi connectivity index (χ1) is 35.7. The first-order valence-electron chi connectivity index (χ1n) is 21.7. The van der Waals surface area contributed by atoms with E-state index >= 15 is 0 Å². The first-order valence-corrected chi connectivity index (χ1v) is 21.7. The topological polar surface area (TPSA) is 16.8 Å². The molecule has 0 saturated heterocycles. The molecule has 0 aliphatic heterocycles. The Hall–Kier alpha value is -7.48. The van der Waals surface area contributed by atoms with Gasteiger partial charge in [-0.15, -0.1) is 0 Å². The average molecular weight is 1130 g/mol. The summed E-state index contributed by atoms with van der Waals surface area (Å²) in [5.41, 5.74) is -28.8. The van der Waals surface area contributed by atoms with Gasteiger partial charge in [0.15, 0.2) is 18.9 Å². The lowest BCUT2D eigenvalue weighted by Gasteiger charge is -2.46. The van der Waals surface area contributed by atoms with E-state index in [2.05, 4.69) is 64.1 Å². The number of rotatable bonds is 6. The van der Waals surface area contributed by atoms with E-state index in [0.29, 0.717) is 0 Å². The van der Waals surface area contributed by atoms with Crippen molar-refractivity contribution in [1.82, 2.24) is 4.98 Å². The molecule has 0 bridgehead atoms. The van der Waals surface area contributed by atoms with Crippen LogP contribution in [0, 0.1) is 0 Å². The lowest BCUT2D eigenvalue weighted by atomic mass is 9.12. The van der Waals surface area contributed by atoms with Gasteiger partial charge in [0.25, 0.3) is 0 Å². The number of hydrogen-bond acceptors (Lipinski definition) is 1. The van der Waals surface area contributed by atoms with Gasteiger partial charge in [-0.05, 0) is 51.9 Å². The van der Waals surface area contributed by atoms with Crippen LogP contribution in [0.25, 0.3) is 21.5 Å². The summed E-state index contributed by atoms with van der Waals surface area (Å²) < 4.78 is 343. The molecule has 8 rings (SSSR count). The third-order valence-corrected chi connectivity index (χ3v) is 12.4. The van der Waals surface area contributed by atoms with Crippen molar-refractivity contribution in [3.05, 3.63) is 202 Å². The van der Waals surface area contributed by atoms with Crippen molar-refractivity contribution in [3.8, 4) is 0 Å². The average Bonchev–Trinajstić information content (AvgIpc) is 3.33. The molecule has 0 atom stereocenters. The van der Waals surface area contributed by atoms with E-state index in [9.17, 15) is 105 Å². The standard InChI is InChI=1S/C32H12BF24.C19H15N2/c34-25(35,36)13-1-14(26(37,38)39)6-21(5-13)33(22-7-15(27(40,41)42)2-16(8-22)28(43,44)45,23-9-17(29(46,47)48)3-18(10-23)30(49,50)51)24-11-19(31(52,53)54)4-20(12-24)32(55,56)57;1-3-7-17-15(5-1)13-16-6-2-4-8-18(16)19(17)14-21-11-9-20-10-12-21/h1-12H;1-13H,14H2/q-1;+1. The van der Waals surface area contributed by atoms with Crippen LogP contribution in [0.4, 0.5) is 105 Å². The maximum absolute atomic E-state index is 14.2. The van der Waals surface area contributed by atoms with Crippen molar-refractivity contribution in [3.63, 3.8) is 0 Å². The summed E-state index contributed by atoms with van der Waals surface area (Å²) in [5, 5.41) is 5.22. The second-order valence-corrected chi connectivity index (χ2v) is 17.4. The Morgan fingerprint density at radius 3 is 0.769 bits per heavy atom. The van der Waals surface area contributed by atoms with E-state index < -0.39 is 195 Å². The molecule has 78 heavy (non-hydrogen) atoms. The third kappa shape index (κ3) is 12.4. The Bertz CT molecular complexity index is 3000. The second-order valence-electron chi connectivity index (χ2n) is 17.4. The number of fused-ring (bicyclic) bond motifs is 2. The highest BCUT2D eigenvalue weighted by molar-refractivity contribution is 7.20. The SMILES string of the molecule is FC(F)(F)c1cc([B-](c2cc(C(F)(F)F)cc(C(F)(F)F)c2)(c2cc(C(F)(F)F)cc(C(F)(F)F)c2)c2cc(C(F)(F)F)cc(C(F)(F)F)c2)cc(C(F)(F)F)c1.c1ccc2c(C[n+]3ccncc3)c3ccccc3cc2c1. The van der Waals surface area contributed by atoms with Crippen LogP contribution >= 0.6 is 0 Å². The minimum absolute atomic E-state index is 0.691. The van der Waals surface area contributed by atoms with Crippen LogP contribution in [0.3, 0.4) is 0 Å². The number of halogens is 24. The smallest absolute Gasteiger partial charge is 0.252 e. The molecule has 0 radical (unpaired) electrons. The molecule has 412 valence electrons. The maximum Gasteiger partial charge on any atom is 0.416 e. The first kappa shape index (κ1) is 58.2. The summed E-state index contributed by atoms with van der Waals surface area (Å²) in [6, 6.07) is 10.7. The molecular weight excluding hydrogens is 1110 g/mol. The van der Waals surface area contributed by atoms with Crippen molar-refractivity contribution < 1.29 is 110 Å². The Morgan fingerprint density at radius 2 is 0.538 bits per heavy atom. The monoisotopic (exact) mass is 1130 g/mol. The summed E-state index contributed by atoms with van der Waals surface area (Å²) in [4.78, 5) is 4.09. The van der Waals surface area contributed by atoms with E-state index in [4.69, 9.17) is 0 Å². The fourth-order valence-electron chi connectivity index (χ4n) is 8.98. The van der Waals surface area contributed by atoms with Gasteiger partial charge >= 0.3 is 49.4 Å². The Morgan fingerprint density at radius 1 is 0.308 bits per heavy atom. The summed E-state index contributed by atoms with van der Waals surface area (Å²) in [6.07, 6.45) is -47.1. The fraction of sp³-hybridized carbons (Fsp3) is 0.176. The van der Waals surface area contributed by atoms with Gasteiger partial charge in [-0.1, -0.05) is 97.1 Å². The molecule has 7 aromatic carbocycles. The normalized spacial score (nSPS) is 13.4. The van der Waals surface area contributed by atoms with Crippen molar-refractivity contribution in [2.24, 2.45) is 0 Å². The lowest BCUT2D eigenvalue weighted by Crippen LogP contribution is -2.75. The van der Waals surface area contributed by atoms with Crippen LogP contribution in [0.2, 0.25) is 0 Å². The molecule has 2 nitrogen and oxygen atoms in total. The van der Waals surface area contributed by atoms with Crippen LogP contribution < -0.4 is 26.4 Å². The molecule has 0 amide bonds. The maximum atomic E-state index is 14.2. The predicted octanol–water partition coefficient (Wildman–Crippen LogP) is 14.9. The molecule has 27 heteroatoms. The van der Waals surface area contributed by atoms with E-state index in [0.717, 1.165) is 6.54 Å². The molecule has 0 aliphatic carbocycles. The molecule has 0 saturated carbocycles. The van der Waals surface area contributed by atoms with Crippen LogP contribution in [0.15, 0.2) is 152 Å². The molecule has 0 spiro atoms. The molecule has 1 heterocycles. The van der Waals surface area contributed by atoms with E-state index in [1.165, 1.54) is 27.1 Å². The zero-order valence-electron chi connectivity index (χ0n) is 38.2. The zero-order chi connectivity index (χ0) is 58.0. The van der Waals surface area contributed by atoms with E-state index in [-0.39, 0.29) is 0 Å². The summed E-state index contributed by atoms with van der Waals surface area (Å²) >= 11 is 0. The van der Waals surface area contributed by atoms with Crippen LogP contribution in [-0.4, -0.2) is 11.1 Å². The van der Waals surface area contributed by atoms with Gasteiger partial charge < -0.3 is 0 Å². The van der Waals surface area contributed by atoms with Gasteiger partial charge in [-0.25, -0.2) is 0 Å². The summed E-state index contributed by atoms with van der Waals surface area (Å²) in [7, 11) is 0. The van der Waals surface area contributed by atoms with Gasteiger partial charge in [0, 0.05) is 5.56 Å². The van der Waals surface area contributed by atoms with Crippen molar-refractivity contribution >= 4 is 49.5 Å². The number of benzene rings is 7. The van der Waals surface area contributed by atoms with Crippen molar-refractivity contribution in [2.75, 3.05) is 0 Å². The fourth-order valence-corrected chi connectivity index (χ4v) is 8.98. The van der Waals surface area contributed by atoms with Gasteiger partial charge in [0.2, 0.25) is 0 Å². The highest BCUT2D eigenvalue weighted by Crippen LogP contribution is 2.42. The molecule has 0 fully saturated rings. The summed E-state index contributed by atoms with van der Waals surface area (Å²) in [6.45, 7) is 0.852. The number of nitrogens with zero attached hydrogens (tertiary/aromatic N) is 2. The second kappa shape index (κ2) is 20.1. The molecule has 0 N–H and O–H groups in total. The zero-order valence-corrected chi connectivity index (χ0v) is 38.2. The largest absolute Gasteiger partial charge is 0.416 e. The molecule has 8 aromatic rings. The van der Waals surface area contributed by atoms with E-state index in [1.54, 1.807) is 0 Å². The summed E-state index contributed by atoms with van der Waals surface area (Å²) in [5.74, 6) is 0. The Balaban J connectivity index is 0.000000344. The predicted molar refractivity (Wildman–Crippen MR) is 235 cm³/mol. The number of aromatic nitrogens is 2. The molecule has 0 aliphatic rings. The molecule has 0 unspecified atom stereocenters.